The number of carboxylic acids is 2. The summed E-state index contributed by atoms with van der Waals surface area (Å²) in [6, 6.07) is -1.10. The second kappa shape index (κ2) is 9.73. The van der Waals surface area contributed by atoms with Gasteiger partial charge >= 0.3 is 11.9 Å². The van der Waals surface area contributed by atoms with E-state index in [2.05, 4.69) is 0 Å². The molecule has 0 radical (unpaired) electrons. The average Bonchev–Trinajstić information content (AvgIpc) is 3.06. The van der Waals surface area contributed by atoms with Gasteiger partial charge in [-0.15, -0.1) is 11.8 Å². The summed E-state index contributed by atoms with van der Waals surface area (Å²) in [7, 11) is 2.29. The van der Waals surface area contributed by atoms with Crippen LogP contribution in [-0.4, -0.2) is 76.3 Å². The molecule has 2 N–H and O–H groups in total. The van der Waals surface area contributed by atoms with E-state index in [-0.39, 0.29) is 39.0 Å². The first-order chi connectivity index (χ1) is 12.2. The predicted molar refractivity (Wildman–Crippen MR) is 113 cm³/mol. The molecular weight excluding hydrogens is 459 g/mol. The third-order valence-electron chi connectivity index (χ3n) is 3.62. The van der Waals surface area contributed by atoms with Gasteiger partial charge in [-0.2, -0.15) is 0 Å². The molecule has 2 fully saturated rings. The standard InChI is InChI=1S/C13H13NO6S6/c15-7-3-23-12(21)9(7)5(10(17)18)1-25-26-2-6(11(19)20)14-8(16)4-24-13(14)22/h5-6,9H,1-4H2,(H,17,18)(H,19,20). The molecule has 2 aliphatic rings. The summed E-state index contributed by atoms with van der Waals surface area (Å²) in [6.45, 7) is 0. The van der Waals surface area contributed by atoms with E-state index in [9.17, 15) is 29.4 Å². The molecule has 2 saturated heterocycles. The summed E-state index contributed by atoms with van der Waals surface area (Å²) in [5.41, 5.74) is 0. The molecular formula is C13H13NO6S6. The van der Waals surface area contributed by atoms with E-state index in [1.807, 2.05) is 0 Å². The molecule has 26 heavy (non-hydrogen) atoms. The number of ketones is 1. The van der Waals surface area contributed by atoms with Crippen LogP contribution in [-0.2, 0) is 19.2 Å². The van der Waals surface area contributed by atoms with Gasteiger partial charge in [-0.05, 0) is 0 Å². The number of thiocarbonyl (C=S) groups is 2. The Morgan fingerprint density at radius 2 is 1.77 bits per heavy atom. The normalized spacial score (nSPS) is 22.8. The number of thioether (sulfide) groups is 2. The van der Waals surface area contributed by atoms with Gasteiger partial charge in [-0.25, -0.2) is 4.79 Å². The number of carboxylic acid groups (broad SMARTS) is 2. The summed E-state index contributed by atoms with van der Waals surface area (Å²) in [5, 5.41) is 18.8. The molecule has 0 aromatic carbocycles. The van der Waals surface area contributed by atoms with Crippen LogP contribution < -0.4 is 0 Å². The van der Waals surface area contributed by atoms with Crippen molar-refractivity contribution in [2.24, 2.45) is 11.8 Å². The maximum atomic E-state index is 11.9. The van der Waals surface area contributed by atoms with Gasteiger partial charge in [0, 0.05) is 11.5 Å². The second-order valence-corrected chi connectivity index (χ2v) is 11.1. The number of rotatable bonds is 9. The smallest absolute Gasteiger partial charge is 0.327 e. The first-order valence-electron chi connectivity index (χ1n) is 7.12. The van der Waals surface area contributed by atoms with E-state index in [1.54, 1.807) is 0 Å². The Kier molecular flexibility index (Phi) is 8.22. The van der Waals surface area contributed by atoms with Crippen molar-refractivity contribution in [1.29, 1.82) is 0 Å². The van der Waals surface area contributed by atoms with E-state index in [1.165, 1.54) is 11.8 Å². The number of hydrogen-bond acceptors (Lipinski definition) is 10. The topological polar surface area (TPSA) is 112 Å². The van der Waals surface area contributed by atoms with E-state index >= 15 is 0 Å². The Morgan fingerprint density at radius 1 is 1.12 bits per heavy atom. The predicted octanol–water partition coefficient (Wildman–Crippen LogP) is 1.64. The van der Waals surface area contributed by atoms with E-state index in [4.69, 9.17) is 24.4 Å². The molecule has 0 aromatic heterocycles. The van der Waals surface area contributed by atoms with Crippen molar-refractivity contribution in [2.75, 3.05) is 23.0 Å². The van der Waals surface area contributed by atoms with Crippen LogP contribution in [0.1, 0.15) is 0 Å². The molecule has 13 heteroatoms. The zero-order valence-electron chi connectivity index (χ0n) is 13.0. The molecule has 7 nitrogen and oxygen atoms in total. The molecule has 3 atom stereocenters. The van der Waals surface area contributed by atoms with Gasteiger partial charge in [0.1, 0.15) is 10.4 Å². The first kappa shape index (κ1) is 22.0. The quantitative estimate of drug-likeness (QED) is 0.290. The van der Waals surface area contributed by atoms with Crippen molar-refractivity contribution in [3.05, 3.63) is 0 Å². The van der Waals surface area contributed by atoms with Crippen molar-refractivity contribution < 1.29 is 29.4 Å². The summed E-state index contributed by atoms with van der Waals surface area (Å²) in [4.78, 5) is 47.8. The number of hydrogen-bond donors (Lipinski definition) is 2. The number of amides is 1. The van der Waals surface area contributed by atoms with Crippen LogP contribution in [0.5, 0.6) is 0 Å². The second-order valence-electron chi connectivity index (χ2n) is 5.24. The zero-order valence-corrected chi connectivity index (χ0v) is 17.9. The van der Waals surface area contributed by atoms with Crippen LogP contribution in [0.2, 0.25) is 0 Å². The summed E-state index contributed by atoms with van der Waals surface area (Å²) in [6.07, 6.45) is 0. The first-order valence-corrected chi connectivity index (χ1v) is 12.4. The SMILES string of the molecule is O=C(O)C(CSSCC(C(=O)O)N1C(=O)CSC1=S)C1C(=O)CSC1=S. The van der Waals surface area contributed by atoms with Gasteiger partial charge in [-0.3, -0.25) is 19.3 Å². The number of Topliss-reactive ketones (excluding diaryl/α,β-unsaturated/α-hetero) is 1. The maximum absolute atomic E-state index is 11.9. The molecule has 0 aliphatic carbocycles. The van der Waals surface area contributed by atoms with E-state index in [0.29, 0.717) is 4.20 Å². The van der Waals surface area contributed by atoms with Gasteiger partial charge in [0.05, 0.1) is 27.5 Å². The minimum absolute atomic E-state index is 0.0522. The molecule has 1 amide bonds. The highest BCUT2D eigenvalue weighted by molar-refractivity contribution is 8.76. The lowest BCUT2D eigenvalue weighted by molar-refractivity contribution is -0.144. The molecule has 2 heterocycles. The maximum Gasteiger partial charge on any atom is 0.327 e. The lowest BCUT2D eigenvalue weighted by Gasteiger charge is -2.23. The van der Waals surface area contributed by atoms with Gasteiger partial charge in [0.15, 0.2) is 5.78 Å². The molecule has 3 unspecified atom stereocenters. The minimum Gasteiger partial charge on any atom is -0.481 e. The molecule has 142 valence electrons. The molecule has 0 spiro atoms. The molecule has 0 bridgehead atoms. The zero-order chi connectivity index (χ0) is 19.4. The fourth-order valence-electron chi connectivity index (χ4n) is 2.31. The van der Waals surface area contributed by atoms with Crippen LogP contribution in [0, 0.1) is 11.8 Å². The summed E-state index contributed by atoms with van der Waals surface area (Å²) >= 11 is 12.4. The number of carbonyl (C=O) groups is 4. The molecule has 2 aliphatic heterocycles. The Labute approximate surface area is 176 Å². The summed E-state index contributed by atoms with van der Waals surface area (Å²) < 4.78 is 0.622. The number of nitrogens with zero attached hydrogens (tertiary/aromatic N) is 1. The van der Waals surface area contributed by atoms with Gasteiger partial charge in [0.2, 0.25) is 5.91 Å². The van der Waals surface area contributed by atoms with Crippen LogP contribution in [0.25, 0.3) is 0 Å². The fourth-order valence-corrected chi connectivity index (χ4v) is 7.38. The van der Waals surface area contributed by atoms with Crippen LogP contribution in [0.15, 0.2) is 0 Å². The lowest BCUT2D eigenvalue weighted by atomic mass is 9.92. The monoisotopic (exact) mass is 471 g/mol. The molecule has 0 aromatic rings. The molecule has 2 rings (SSSR count). The average molecular weight is 472 g/mol. The van der Waals surface area contributed by atoms with Crippen LogP contribution in [0.4, 0.5) is 0 Å². The Bertz CT molecular complexity index is 582. The largest absolute Gasteiger partial charge is 0.481 e. The third-order valence-corrected chi connectivity index (χ3v) is 9.01. The van der Waals surface area contributed by atoms with Gasteiger partial charge < -0.3 is 10.2 Å². The number of carbonyl (C=O) groups excluding carboxylic acids is 2. The van der Waals surface area contributed by atoms with Crippen LogP contribution in [0.3, 0.4) is 0 Å². The minimum atomic E-state index is -1.17. The fraction of sp³-hybridized carbons (Fsp3) is 0.538. The van der Waals surface area contributed by atoms with E-state index in [0.717, 1.165) is 38.2 Å². The van der Waals surface area contributed by atoms with E-state index < -0.39 is 29.8 Å². The Hall–Kier alpha value is -0.340. The highest BCUT2D eigenvalue weighted by Crippen LogP contribution is 2.36. The summed E-state index contributed by atoms with van der Waals surface area (Å²) in [5.74, 6) is -4.08. The van der Waals surface area contributed by atoms with Crippen molar-refractivity contribution in [2.45, 2.75) is 6.04 Å². The number of aliphatic carboxylic acids is 2. The highest BCUT2D eigenvalue weighted by Gasteiger charge is 2.41. The third kappa shape index (κ3) is 5.13. The highest BCUT2D eigenvalue weighted by atomic mass is 33.1. The van der Waals surface area contributed by atoms with Gasteiger partial charge in [-0.1, -0.05) is 57.8 Å². The van der Waals surface area contributed by atoms with Crippen molar-refractivity contribution in [3.63, 3.8) is 0 Å². The Balaban J connectivity index is 1.92. The Morgan fingerprint density at radius 3 is 2.23 bits per heavy atom. The van der Waals surface area contributed by atoms with Gasteiger partial charge in [0.25, 0.3) is 0 Å². The molecule has 0 saturated carbocycles. The van der Waals surface area contributed by atoms with Crippen molar-refractivity contribution >= 4 is 102 Å². The van der Waals surface area contributed by atoms with Crippen molar-refractivity contribution in [1.82, 2.24) is 4.90 Å². The lowest BCUT2D eigenvalue weighted by Crippen LogP contribution is -2.45. The van der Waals surface area contributed by atoms with Crippen LogP contribution >= 0.6 is 69.5 Å². The van der Waals surface area contributed by atoms with Crippen molar-refractivity contribution in [3.8, 4) is 0 Å².